The number of azo groups is 1. The normalized spacial score (nSPS) is 11.4. The molecule has 138 valence electrons. The van der Waals surface area contributed by atoms with Gasteiger partial charge in [-0.15, -0.1) is 10.2 Å². The van der Waals surface area contributed by atoms with Gasteiger partial charge in [0, 0.05) is 10.8 Å². The van der Waals surface area contributed by atoms with Crippen molar-refractivity contribution in [1.29, 1.82) is 0 Å². The van der Waals surface area contributed by atoms with Crippen molar-refractivity contribution in [3.8, 4) is 16.9 Å². The lowest BCUT2D eigenvalue weighted by atomic mass is 10.0. The maximum Gasteiger partial charge on any atom is 0.175 e. The van der Waals surface area contributed by atoms with Crippen LogP contribution in [-0.4, -0.2) is 15.1 Å². The molecule has 0 fully saturated rings. The van der Waals surface area contributed by atoms with Gasteiger partial charge in [-0.1, -0.05) is 48.5 Å². The van der Waals surface area contributed by atoms with Gasteiger partial charge in [0.05, 0.1) is 5.52 Å². The van der Waals surface area contributed by atoms with Crippen LogP contribution in [0, 0.1) is 0 Å². The molecule has 0 saturated carbocycles. The largest absolute Gasteiger partial charge is 0.506 e. The average molecular weight is 376 g/mol. The summed E-state index contributed by atoms with van der Waals surface area (Å²) in [6.07, 6.45) is 0. The number of rotatable bonds is 3. The van der Waals surface area contributed by atoms with Crippen LogP contribution in [0.15, 0.2) is 101 Å². The molecular weight excluding hydrogens is 360 g/mol. The fourth-order valence-electron chi connectivity index (χ4n) is 3.33. The Hall–Kier alpha value is -4.12. The topological polar surface area (TPSA) is 70.7 Å². The number of benzene rings is 3. The van der Waals surface area contributed by atoms with Crippen molar-refractivity contribution in [2.45, 2.75) is 0 Å². The third-order valence-electron chi connectivity index (χ3n) is 4.74. The molecule has 0 atom stereocenters. The number of pyridine rings is 2. The van der Waals surface area contributed by atoms with Crippen molar-refractivity contribution in [1.82, 2.24) is 9.97 Å². The Morgan fingerprint density at radius 1 is 0.621 bits per heavy atom. The van der Waals surface area contributed by atoms with Crippen LogP contribution in [0.2, 0.25) is 0 Å². The lowest BCUT2D eigenvalue weighted by Gasteiger charge is -2.08. The van der Waals surface area contributed by atoms with Gasteiger partial charge in [-0.3, -0.25) is 0 Å². The van der Waals surface area contributed by atoms with Crippen LogP contribution < -0.4 is 0 Å². The highest BCUT2D eigenvalue weighted by molar-refractivity contribution is 5.98. The van der Waals surface area contributed by atoms with E-state index in [-0.39, 0.29) is 5.75 Å². The Kier molecular flexibility index (Phi) is 4.18. The Bertz CT molecular complexity index is 1360. The van der Waals surface area contributed by atoms with Crippen LogP contribution in [0.4, 0.5) is 11.6 Å². The summed E-state index contributed by atoms with van der Waals surface area (Å²) in [6, 6.07) is 28.9. The number of para-hydroxylation sites is 1. The number of hydrogen-bond donors (Lipinski definition) is 1. The molecule has 2 aromatic heterocycles. The molecule has 29 heavy (non-hydrogen) atoms. The highest BCUT2D eigenvalue weighted by Crippen LogP contribution is 2.34. The highest BCUT2D eigenvalue weighted by atomic mass is 16.3. The van der Waals surface area contributed by atoms with E-state index >= 15 is 0 Å². The van der Waals surface area contributed by atoms with Gasteiger partial charge < -0.3 is 5.11 Å². The second-order valence-corrected chi connectivity index (χ2v) is 6.63. The molecule has 0 bridgehead atoms. The number of nitrogens with zero attached hydrogens (tertiary/aromatic N) is 4. The second kappa shape index (κ2) is 7.13. The zero-order valence-electron chi connectivity index (χ0n) is 15.4. The van der Waals surface area contributed by atoms with Crippen LogP contribution in [0.5, 0.6) is 5.75 Å². The molecule has 5 heteroatoms. The number of phenols is 1. The van der Waals surface area contributed by atoms with E-state index in [1.165, 1.54) is 0 Å². The number of fused-ring (bicyclic) bond motifs is 2. The summed E-state index contributed by atoms with van der Waals surface area (Å²) < 4.78 is 0. The maximum absolute atomic E-state index is 10.3. The molecule has 5 aromatic rings. The van der Waals surface area contributed by atoms with Gasteiger partial charge in [-0.2, -0.15) is 0 Å². The Labute approximate surface area is 167 Å². The quantitative estimate of drug-likeness (QED) is 0.362. The molecule has 0 aliphatic rings. The van der Waals surface area contributed by atoms with E-state index in [1.807, 2.05) is 78.9 Å². The van der Waals surface area contributed by atoms with E-state index in [4.69, 9.17) is 0 Å². The van der Waals surface area contributed by atoms with Gasteiger partial charge in [0.25, 0.3) is 0 Å². The first-order chi connectivity index (χ1) is 14.3. The van der Waals surface area contributed by atoms with Gasteiger partial charge in [-0.25, -0.2) is 9.97 Å². The van der Waals surface area contributed by atoms with E-state index in [1.54, 1.807) is 12.1 Å². The Morgan fingerprint density at radius 2 is 1.34 bits per heavy atom. The van der Waals surface area contributed by atoms with Crippen molar-refractivity contribution in [2.75, 3.05) is 0 Å². The Morgan fingerprint density at radius 3 is 2.21 bits per heavy atom. The summed E-state index contributed by atoms with van der Waals surface area (Å²) in [5.74, 6) is 1.03. The minimum atomic E-state index is 0.112. The summed E-state index contributed by atoms with van der Waals surface area (Å²) in [4.78, 5) is 8.99. The minimum Gasteiger partial charge on any atom is -0.506 e. The third-order valence-corrected chi connectivity index (χ3v) is 4.74. The number of phenolic OH excluding ortho intramolecular Hbond substituents is 1. The van der Waals surface area contributed by atoms with Crippen LogP contribution in [0.3, 0.4) is 0 Å². The molecule has 0 aliphatic carbocycles. The molecule has 0 amide bonds. The minimum absolute atomic E-state index is 0.112. The summed E-state index contributed by atoms with van der Waals surface area (Å²) in [7, 11) is 0. The number of aromatic hydroxyl groups is 1. The summed E-state index contributed by atoms with van der Waals surface area (Å²) in [5.41, 5.74) is 3.43. The molecule has 3 aromatic carbocycles. The lowest BCUT2D eigenvalue weighted by Crippen LogP contribution is -1.85. The summed E-state index contributed by atoms with van der Waals surface area (Å²) >= 11 is 0. The Balaban J connectivity index is 1.54. The molecule has 0 spiro atoms. The van der Waals surface area contributed by atoms with E-state index in [9.17, 15) is 5.11 Å². The van der Waals surface area contributed by atoms with Crippen LogP contribution >= 0.6 is 0 Å². The van der Waals surface area contributed by atoms with E-state index < -0.39 is 0 Å². The van der Waals surface area contributed by atoms with Gasteiger partial charge in [0.15, 0.2) is 11.6 Å². The first-order valence-electron chi connectivity index (χ1n) is 9.24. The second-order valence-electron chi connectivity index (χ2n) is 6.63. The van der Waals surface area contributed by atoms with Crippen molar-refractivity contribution >= 4 is 33.4 Å². The van der Waals surface area contributed by atoms with Gasteiger partial charge in [0.2, 0.25) is 0 Å². The molecule has 0 aliphatic heterocycles. The van der Waals surface area contributed by atoms with Crippen molar-refractivity contribution < 1.29 is 5.11 Å². The van der Waals surface area contributed by atoms with Gasteiger partial charge in [-0.05, 0) is 53.6 Å². The standard InChI is InChI=1S/C24H16N4O/c29-21-13-11-18(16-6-2-1-3-7-16)19-12-15-23(26-24(19)21)28-27-22-14-10-17-8-4-5-9-20(17)25-22/h1-15,29H. The summed E-state index contributed by atoms with van der Waals surface area (Å²) in [6.45, 7) is 0. The zero-order chi connectivity index (χ0) is 19.6. The number of hydrogen-bond acceptors (Lipinski definition) is 5. The van der Waals surface area contributed by atoms with Crippen LogP contribution in [0.1, 0.15) is 0 Å². The molecule has 2 heterocycles. The average Bonchev–Trinajstić information content (AvgIpc) is 2.78. The van der Waals surface area contributed by atoms with E-state index in [0.29, 0.717) is 17.2 Å². The molecular formula is C24H16N4O. The summed E-state index contributed by atoms with van der Waals surface area (Å²) in [5, 5.41) is 20.7. The monoisotopic (exact) mass is 376 g/mol. The van der Waals surface area contributed by atoms with E-state index in [0.717, 1.165) is 27.4 Å². The fourth-order valence-corrected chi connectivity index (χ4v) is 3.33. The predicted molar refractivity (Wildman–Crippen MR) is 115 cm³/mol. The van der Waals surface area contributed by atoms with E-state index in [2.05, 4.69) is 20.2 Å². The molecule has 0 saturated heterocycles. The molecule has 1 N–H and O–H groups in total. The zero-order valence-corrected chi connectivity index (χ0v) is 15.4. The van der Waals surface area contributed by atoms with Crippen molar-refractivity contribution in [3.63, 3.8) is 0 Å². The third kappa shape index (κ3) is 3.30. The van der Waals surface area contributed by atoms with Gasteiger partial charge >= 0.3 is 0 Å². The molecule has 5 rings (SSSR count). The molecule has 0 radical (unpaired) electrons. The molecule has 0 unspecified atom stereocenters. The maximum atomic E-state index is 10.3. The van der Waals surface area contributed by atoms with Crippen molar-refractivity contribution in [2.24, 2.45) is 10.2 Å². The highest BCUT2D eigenvalue weighted by Gasteiger charge is 2.09. The lowest BCUT2D eigenvalue weighted by molar-refractivity contribution is 0.480. The van der Waals surface area contributed by atoms with Crippen LogP contribution in [-0.2, 0) is 0 Å². The molecule has 5 nitrogen and oxygen atoms in total. The predicted octanol–water partition coefficient (Wildman–Crippen LogP) is 6.57. The first-order valence-corrected chi connectivity index (χ1v) is 9.24. The van der Waals surface area contributed by atoms with Crippen molar-refractivity contribution in [3.05, 3.63) is 91.0 Å². The smallest absolute Gasteiger partial charge is 0.175 e. The van der Waals surface area contributed by atoms with Gasteiger partial charge in [0.1, 0.15) is 11.3 Å². The first kappa shape index (κ1) is 17.0. The fraction of sp³-hybridized carbons (Fsp3) is 0. The number of aromatic nitrogens is 2. The SMILES string of the molecule is Oc1ccc(-c2ccccc2)c2ccc(N=Nc3ccc4ccccc4n3)nc12. The van der Waals surface area contributed by atoms with Crippen LogP contribution in [0.25, 0.3) is 32.9 Å².